The third-order valence-electron chi connectivity index (χ3n) is 4.32. The Hall–Kier alpha value is -2.53. The standard InChI is InChI=1S/C23H25NO3S/c1-17(2)16-27-20-12-10-19(11-13-20)15-21-22(25)24(23(26)28-21)14-6-9-18-7-4-3-5-8-18/h3-5,7-8,10-13,15,17H,6,9,14,16H2,1-2H3/b21-15+. The van der Waals surface area contributed by atoms with Crippen LogP contribution >= 0.6 is 11.8 Å². The van der Waals surface area contributed by atoms with Crippen LogP contribution in [0.3, 0.4) is 0 Å². The van der Waals surface area contributed by atoms with Gasteiger partial charge in [0.2, 0.25) is 0 Å². The fourth-order valence-electron chi connectivity index (χ4n) is 2.85. The Morgan fingerprint density at radius 3 is 2.43 bits per heavy atom. The molecule has 0 bridgehead atoms. The molecule has 0 atom stereocenters. The molecule has 1 fully saturated rings. The average molecular weight is 396 g/mol. The fraction of sp³-hybridized carbons (Fsp3) is 0.304. The fourth-order valence-corrected chi connectivity index (χ4v) is 3.72. The molecule has 3 rings (SSSR count). The van der Waals surface area contributed by atoms with Crippen LogP contribution in [0.15, 0.2) is 59.5 Å². The van der Waals surface area contributed by atoms with Gasteiger partial charge in [-0.15, -0.1) is 0 Å². The lowest BCUT2D eigenvalue weighted by atomic mass is 10.1. The van der Waals surface area contributed by atoms with Gasteiger partial charge in [0.05, 0.1) is 11.5 Å². The largest absolute Gasteiger partial charge is 0.493 e. The molecule has 0 saturated carbocycles. The van der Waals surface area contributed by atoms with Crippen molar-refractivity contribution in [3.8, 4) is 5.75 Å². The first-order valence-electron chi connectivity index (χ1n) is 9.55. The maximum Gasteiger partial charge on any atom is 0.293 e. The number of hydrogen-bond acceptors (Lipinski definition) is 4. The van der Waals surface area contributed by atoms with E-state index in [2.05, 4.69) is 26.0 Å². The molecule has 0 unspecified atom stereocenters. The molecule has 4 nitrogen and oxygen atoms in total. The first-order chi connectivity index (χ1) is 13.5. The number of imide groups is 1. The molecule has 2 aromatic carbocycles. The number of amides is 2. The number of rotatable bonds is 8. The van der Waals surface area contributed by atoms with Crippen LogP contribution in [0.5, 0.6) is 5.75 Å². The molecule has 5 heteroatoms. The highest BCUT2D eigenvalue weighted by Crippen LogP contribution is 2.32. The van der Waals surface area contributed by atoms with Gasteiger partial charge in [-0.05, 0) is 59.9 Å². The van der Waals surface area contributed by atoms with Crippen LogP contribution in [0.25, 0.3) is 6.08 Å². The van der Waals surface area contributed by atoms with E-state index < -0.39 is 0 Å². The van der Waals surface area contributed by atoms with Gasteiger partial charge in [0.25, 0.3) is 11.1 Å². The molecule has 0 N–H and O–H groups in total. The second-order valence-electron chi connectivity index (χ2n) is 7.20. The Morgan fingerprint density at radius 1 is 1.04 bits per heavy atom. The van der Waals surface area contributed by atoms with E-state index in [9.17, 15) is 9.59 Å². The van der Waals surface area contributed by atoms with E-state index >= 15 is 0 Å². The van der Waals surface area contributed by atoms with Gasteiger partial charge in [-0.25, -0.2) is 0 Å². The zero-order chi connectivity index (χ0) is 19.9. The summed E-state index contributed by atoms with van der Waals surface area (Å²) in [6.45, 7) is 5.31. The lowest BCUT2D eigenvalue weighted by Gasteiger charge is -2.12. The highest BCUT2D eigenvalue weighted by atomic mass is 32.2. The van der Waals surface area contributed by atoms with Gasteiger partial charge in [0.1, 0.15) is 5.75 Å². The van der Waals surface area contributed by atoms with Crippen LogP contribution in [-0.2, 0) is 11.2 Å². The van der Waals surface area contributed by atoms with E-state index in [1.54, 1.807) is 6.08 Å². The molecule has 1 heterocycles. The van der Waals surface area contributed by atoms with Crippen LogP contribution in [0.1, 0.15) is 31.4 Å². The van der Waals surface area contributed by atoms with Crippen molar-refractivity contribution < 1.29 is 14.3 Å². The number of thioether (sulfide) groups is 1. The van der Waals surface area contributed by atoms with Gasteiger partial charge in [0, 0.05) is 6.54 Å². The minimum absolute atomic E-state index is 0.193. The summed E-state index contributed by atoms with van der Waals surface area (Å²) in [6.07, 6.45) is 3.38. The van der Waals surface area contributed by atoms with Gasteiger partial charge in [-0.3, -0.25) is 14.5 Å². The summed E-state index contributed by atoms with van der Waals surface area (Å²) in [7, 11) is 0. The van der Waals surface area contributed by atoms with Gasteiger partial charge in [0.15, 0.2) is 0 Å². The quantitative estimate of drug-likeness (QED) is 0.562. The number of carbonyl (C=O) groups excluding carboxylic acids is 2. The summed E-state index contributed by atoms with van der Waals surface area (Å²) in [5, 5.41) is -0.193. The molecule has 2 aromatic rings. The van der Waals surface area contributed by atoms with Crippen molar-refractivity contribution in [1.29, 1.82) is 0 Å². The lowest BCUT2D eigenvalue weighted by Crippen LogP contribution is -2.29. The van der Waals surface area contributed by atoms with Gasteiger partial charge < -0.3 is 4.74 Å². The van der Waals surface area contributed by atoms with E-state index in [1.807, 2.05) is 42.5 Å². The van der Waals surface area contributed by atoms with Crippen molar-refractivity contribution in [2.75, 3.05) is 13.2 Å². The Balaban J connectivity index is 1.57. The second-order valence-corrected chi connectivity index (χ2v) is 8.19. The highest BCUT2D eigenvalue weighted by molar-refractivity contribution is 8.18. The number of hydrogen-bond donors (Lipinski definition) is 0. The van der Waals surface area contributed by atoms with Crippen LogP contribution in [0.4, 0.5) is 4.79 Å². The molecule has 1 aliphatic heterocycles. The Labute approximate surface area is 170 Å². The van der Waals surface area contributed by atoms with Gasteiger partial charge >= 0.3 is 0 Å². The van der Waals surface area contributed by atoms with E-state index in [0.717, 1.165) is 35.9 Å². The summed E-state index contributed by atoms with van der Waals surface area (Å²) in [4.78, 5) is 26.7. The maximum absolute atomic E-state index is 12.6. The minimum Gasteiger partial charge on any atom is -0.493 e. The topological polar surface area (TPSA) is 46.6 Å². The number of ether oxygens (including phenoxy) is 1. The van der Waals surface area contributed by atoms with Crippen molar-refractivity contribution >= 4 is 29.0 Å². The summed E-state index contributed by atoms with van der Waals surface area (Å²) < 4.78 is 5.67. The molecule has 0 radical (unpaired) electrons. The number of nitrogens with zero attached hydrogens (tertiary/aromatic N) is 1. The Bertz CT molecular complexity index is 844. The SMILES string of the molecule is CC(C)COc1ccc(/C=C2/SC(=O)N(CCCc3ccccc3)C2=O)cc1. The number of carbonyl (C=O) groups is 2. The maximum atomic E-state index is 12.6. The number of benzene rings is 2. The second kappa shape index (κ2) is 9.60. The summed E-state index contributed by atoms with van der Waals surface area (Å²) in [6, 6.07) is 17.7. The van der Waals surface area contributed by atoms with Crippen LogP contribution < -0.4 is 4.74 Å². The summed E-state index contributed by atoms with van der Waals surface area (Å²) in [5.74, 6) is 1.07. The van der Waals surface area contributed by atoms with Crippen molar-refractivity contribution in [1.82, 2.24) is 4.90 Å². The van der Waals surface area contributed by atoms with Crippen molar-refractivity contribution in [2.45, 2.75) is 26.7 Å². The third-order valence-corrected chi connectivity index (χ3v) is 5.23. The summed E-state index contributed by atoms with van der Waals surface area (Å²) in [5.41, 5.74) is 2.09. The Kier molecular flexibility index (Phi) is 6.93. The lowest BCUT2D eigenvalue weighted by molar-refractivity contribution is -0.122. The third kappa shape index (κ3) is 5.49. The van der Waals surface area contributed by atoms with Crippen molar-refractivity contribution in [3.63, 3.8) is 0 Å². The molecule has 146 valence electrons. The van der Waals surface area contributed by atoms with Gasteiger partial charge in [-0.2, -0.15) is 0 Å². The Morgan fingerprint density at radius 2 is 1.75 bits per heavy atom. The van der Waals surface area contributed by atoms with Crippen LogP contribution in [0.2, 0.25) is 0 Å². The molecule has 0 aromatic heterocycles. The number of aryl methyl sites for hydroxylation is 1. The predicted molar refractivity (Wildman–Crippen MR) is 114 cm³/mol. The molecule has 0 spiro atoms. The molecule has 1 saturated heterocycles. The van der Waals surface area contributed by atoms with Crippen LogP contribution in [-0.4, -0.2) is 29.2 Å². The smallest absolute Gasteiger partial charge is 0.293 e. The molecule has 0 aliphatic carbocycles. The summed E-state index contributed by atoms with van der Waals surface area (Å²) >= 11 is 1.01. The first-order valence-corrected chi connectivity index (χ1v) is 10.4. The monoisotopic (exact) mass is 395 g/mol. The zero-order valence-corrected chi connectivity index (χ0v) is 17.1. The van der Waals surface area contributed by atoms with Gasteiger partial charge in [-0.1, -0.05) is 56.3 Å². The highest BCUT2D eigenvalue weighted by Gasteiger charge is 2.34. The molecule has 2 amide bonds. The van der Waals surface area contributed by atoms with E-state index in [-0.39, 0.29) is 11.1 Å². The average Bonchev–Trinajstić information content (AvgIpc) is 2.95. The predicted octanol–water partition coefficient (Wildman–Crippen LogP) is 5.39. The molecule has 28 heavy (non-hydrogen) atoms. The molecule has 1 aliphatic rings. The zero-order valence-electron chi connectivity index (χ0n) is 16.3. The molecular weight excluding hydrogens is 370 g/mol. The van der Waals surface area contributed by atoms with Crippen molar-refractivity contribution in [3.05, 3.63) is 70.6 Å². The van der Waals surface area contributed by atoms with Crippen molar-refractivity contribution in [2.24, 2.45) is 5.92 Å². The first kappa shape index (κ1) is 20.2. The van der Waals surface area contributed by atoms with E-state index in [4.69, 9.17) is 4.74 Å². The van der Waals surface area contributed by atoms with E-state index in [0.29, 0.717) is 24.0 Å². The normalized spacial score (nSPS) is 15.7. The van der Waals surface area contributed by atoms with E-state index in [1.165, 1.54) is 10.5 Å². The van der Waals surface area contributed by atoms with Crippen LogP contribution in [0, 0.1) is 5.92 Å². The minimum atomic E-state index is -0.205. The molecular formula is C23H25NO3S.